The predicted molar refractivity (Wildman–Crippen MR) is 104 cm³/mol. The Balaban J connectivity index is 1.45. The molecule has 0 radical (unpaired) electrons. The van der Waals surface area contributed by atoms with Crippen molar-refractivity contribution < 1.29 is 4.79 Å². The van der Waals surface area contributed by atoms with Crippen molar-refractivity contribution in [2.75, 3.05) is 5.75 Å². The van der Waals surface area contributed by atoms with E-state index in [1.54, 1.807) is 0 Å². The molecular formula is C20H23N3OS. The second-order valence-corrected chi connectivity index (χ2v) is 7.31. The van der Waals surface area contributed by atoms with Gasteiger partial charge in [-0.15, -0.1) is 0 Å². The van der Waals surface area contributed by atoms with Crippen molar-refractivity contribution in [3.05, 3.63) is 59.7 Å². The zero-order valence-electron chi connectivity index (χ0n) is 14.6. The number of rotatable bonds is 7. The quantitative estimate of drug-likeness (QED) is 0.629. The first-order valence-corrected chi connectivity index (χ1v) is 9.51. The van der Waals surface area contributed by atoms with E-state index in [4.69, 9.17) is 0 Å². The lowest BCUT2D eigenvalue weighted by Gasteiger charge is -2.13. The molecule has 0 spiro atoms. The van der Waals surface area contributed by atoms with Gasteiger partial charge in [-0.05, 0) is 49.9 Å². The molecule has 1 amide bonds. The summed E-state index contributed by atoms with van der Waals surface area (Å²) in [7, 11) is 0. The molecule has 3 aromatic rings. The van der Waals surface area contributed by atoms with Crippen LogP contribution in [0.2, 0.25) is 0 Å². The number of hydrogen-bond donors (Lipinski definition) is 2. The fourth-order valence-electron chi connectivity index (χ4n) is 2.72. The van der Waals surface area contributed by atoms with E-state index in [2.05, 4.69) is 47.3 Å². The average Bonchev–Trinajstić information content (AvgIpc) is 3.01. The van der Waals surface area contributed by atoms with Gasteiger partial charge in [0.15, 0.2) is 5.16 Å². The maximum Gasteiger partial charge on any atom is 0.230 e. The van der Waals surface area contributed by atoms with E-state index >= 15 is 0 Å². The number of thioether (sulfide) groups is 1. The van der Waals surface area contributed by atoms with Gasteiger partial charge in [0.2, 0.25) is 5.91 Å². The second-order valence-electron chi connectivity index (χ2n) is 6.34. The van der Waals surface area contributed by atoms with E-state index in [1.807, 2.05) is 30.3 Å². The number of imidazole rings is 1. The fraction of sp³-hybridized carbons (Fsp3) is 0.300. The van der Waals surface area contributed by atoms with Gasteiger partial charge in [0.25, 0.3) is 0 Å². The van der Waals surface area contributed by atoms with Crippen LogP contribution in [0.1, 0.15) is 24.5 Å². The van der Waals surface area contributed by atoms with Crippen LogP contribution in [0.25, 0.3) is 11.0 Å². The minimum atomic E-state index is 0.0437. The summed E-state index contributed by atoms with van der Waals surface area (Å²) in [6, 6.07) is 16.6. The van der Waals surface area contributed by atoms with Crippen LogP contribution in [-0.4, -0.2) is 27.7 Å². The van der Waals surface area contributed by atoms with Crippen molar-refractivity contribution in [2.24, 2.45) is 0 Å². The number of aromatic amines is 1. The lowest BCUT2D eigenvalue weighted by Crippen LogP contribution is -2.34. The summed E-state index contributed by atoms with van der Waals surface area (Å²) >= 11 is 1.44. The molecule has 1 unspecified atom stereocenters. The van der Waals surface area contributed by atoms with Crippen LogP contribution in [0.15, 0.2) is 53.7 Å². The lowest BCUT2D eigenvalue weighted by molar-refractivity contribution is -0.119. The highest BCUT2D eigenvalue weighted by molar-refractivity contribution is 7.99. The average molecular weight is 353 g/mol. The molecular weight excluding hydrogens is 330 g/mol. The first kappa shape index (κ1) is 17.5. The third-order valence-corrected chi connectivity index (χ3v) is 4.95. The van der Waals surface area contributed by atoms with Crippen LogP contribution in [0.3, 0.4) is 0 Å². The van der Waals surface area contributed by atoms with Gasteiger partial charge in [0.05, 0.1) is 16.8 Å². The van der Waals surface area contributed by atoms with Crippen molar-refractivity contribution >= 4 is 28.7 Å². The Labute approximate surface area is 152 Å². The van der Waals surface area contributed by atoms with E-state index < -0.39 is 0 Å². The highest BCUT2D eigenvalue weighted by atomic mass is 32.2. The number of carbonyl (C=O) groups is 1. The van der Waals surface area contributed by atoms with Gasteiger partial charge >= 0.3 is 0 Å². The number of H-pyrrole nitrogens is 1. The van der Waals surface area contributed by atoms with Crippen molar-refractivity contribution in [3.63, 3.8) is 0 Å². The van der Waals surface area contributed by atoms with Gasteiger partial charge in [0, 0.05) is 6.04 Å². The van der Waals surface area contributed by atoms with Crippen molar-refractivity contribution in [1.82, 2.24) is 15.3 Å². The van der Waals surface area contributed by atoms with Crippen LogP contribution in [-0.2, 0) is 11.2 Å². The maximum atomic E-state index is 12.1. The summed E-state index contributed by atoms with van der Waals surface area (Å²) in [6.45, 7) is 4.10. The molecule has 4 nitrogen and oxygen atoms in total. The lowest BCUT2D eigenvalue weighted by atomic mass is 10.1. The van der Waals surface area contributed by atoms with Gasteiger partial charge in [-0.25, -0.2) is 4.98 Å². The normalized spacial score (nSPS) is 12.2. The summed E-state index contributed by atoms with van der Waals surface area (Å²) in [5, 5.41) is 3.85. The number of nitrogens with zero attached hydrogens (tertiary/aromatic N) is 1. The van der Waals surface area contributed by atoms with Gasteiger partial charge in [-0.1, -0.05) is 48.2 Å². The molecule has 0 fully saturated rings. The summed E-state index contributed by atoms with van der Waals surface area (Å²) in [5.41, 5.74) is 4.44. The van der Waals surface area contributed by atoms with E-state index in [1.165, 1.54) is 22.9 Å². The van der Waals surface area contributed by atoms with E-state index in [0.29, 0.717) is 5.75 Å². The monoisotopic (exact) mass is 353 g/mol. The Morgan fingerprint density at radius 2 is 2.04 bits per heavy atom. The number of hydrogen-bond acceptors (Lipinski definition) is 3. The van der Waals surface area contributed by atoms with Crippen molar-refractivity contribution in [2.45, 2.75) is 37.9 Å². The molecule has 130 valence electrons. The zero-order chi connectivity index (χ0) is 17.6. The number of benzene rings is 2. The summed E-state index contributed by atoms with van der Waals surface area (Å²) in [4.78, 5) is 19.9. The number of aromatic nitrogens is 2. The summed E-state index contributed by atoms with van der Waals surface area (Å²) < 4.78 is 0. The van der Waals surface area contributed by atoms with Crippen LogP contribution in [0, 0.1) is 6.92 Å². The number of fused-ring (bicyclic) bond motifs is 1. The Kier molecular flexibility index (Phi) is 5.76. The Morgan fingerprint density at radius 3 is 2.84 bits per heavy atom. The Hall–Kier alpha value is -2.27. The molecule has 0 bridgehead atoms. The predicted octanol–water partition coefficient (Wildman–Crippen LogP) is 4.10. The molecule has 0 aliphatic rings. The molecule has 2 aromatic carbocycles. The standard InChI is InChI=1S/C20H23N3OS/c1-14-8-11-17-18(12-14)23-20(22-17)25-13-19(24)21-15(2)9-10-16-6-4-3-5-7-16/h3-8,11-12,15H,9-10,13H2,1-2H3,(H,21,24)(H,22,23). The molecule has 1 atom stereocenters. The summed E-state index contributed by atoms with van der Waals surface area (Å²) in [5.74, 6) is 0.413. The SMILES string of the molecule is Cc1ccc2nc(SCC(=O)NC(C)CCc3ccccc3)[nH]c2c1. The molecule has 1 aromatic heterocycles. The zero-order valence-corrected chi connectivity index (χ0v) is 15.4. The van der Waals surface area contributed by atoms with Crippen LogP contribution < -0.4 is 5.32 Å². The van der Waals surface area contributed by atoms with Crippen LogP contribution >= 0.6 is 11.8 Å². The van der Waals surface area contributed by atoms with E-state index in [-0.39, 0.29) is 11.9 Å². The van der Waals surface area contributed by atoms with E-state index in [0.717, 1.165) is 29.0 Å². The van der Waals surface area contributed by atoms with Crippen molar-refractivity contribution in [3.8, 4) is 0 Å². The van der Waals surface area contributed by atoms with Gasteiger partial charge in [-0.3, -0.25) is 4.79 Å². The molecule has 0 aliphatic carbocycles. The molecule has 25 heavy (non-hydrogen) atoms. The van der Waals surface area contributed by atoms with Crippen LogP contribution in [0.4, 0.5) is 0 Å². The first-order valence-electron chi connectivity index (χ1n) is 8.52. The minimum absolute atomic E-state index is 0.0437. The smallest absolute Gasteiger partial charge is 0.230 e. The highest BCUT2D eigenvalue weighted by Crippen LogP contribution is 2.20. The Bertz CT molecular complexity index is 845. The van der Waals surface area contributed by atoms with Crippen LogP contribution in [0.5, 0.6) is 0 Å². The topological polar surface area (TPSA) is 57.8 Å². The highest BCUT2D eigenvalue weighted by Gasteiger charge is 2.10. The fourth-order valence-corrected chi connectivity index (χ4v) is 3.41. The molecule has 1 heterocycles. The van der Waals surface area contributed by atoms with Gasteiger partial charge in [0.1, 0.15) is 0 Å². The van der Waals surface area contributed by atoms with Crippen molar-refractivity contribution in [1.29, 1.82) is 0 Å². The molecule has 5 heteroatoms. The third kappa shape index (κ3) is 5.10. The number of carbonyl (C=O) groups excluding carboxylic acids is 1. The molecule has 0 aliphatic heterocycles. The largest absolute Gasteiger partial charge is 0.353 e. The summed E-state index contributed by atoms with van der Waals surface area (Å²) in [6.07, 6.45) is 1.91. The maximum absolute atomic E-state index is 12.1. The first-order chi connectivity index (χ1) is 12.1. The molecule has 0 saturated heterocycles. The molecule has 2 N–H and O–H groups in total. The minimum Gasteiger partial charge on any atom is -0.353 e. The van der Waals surface area contributed by atoms with Gasteiger partial charge in [-0.2, -0.15) is 0 Å². The molecule has 3 rings (SSSR count). The molecule has 0 saturated carbocycles. The second kappa shape index (κ2) is 8.21. The number of nitrogens with one attached hydrogen (secondary N) is 2. The third-order valence-electron chi connectivity index (χ3n) is 4.07. The Morgan fingerprint density at radius 1 is 1.24 bits per heavy atom. The van der Waals surface area contributed by atoms with Gasteiger partial charge < -0.3 is 10.3 Å². The number of amides is 1. The van der Waals surface area contributed by atoms with E-state index in [9.17, 15) is 4.79 Å². The number of aryl methyl sites for hydroxylation is 2.